The highest BCUT2D eigenvalue weighted by Crippen LogP contribution is 2.26. The van der Waals surface area contributed by atoms with Gasteiger partial charge in [0.25, 0.3) is 0 Å². The summed E-state index contributed by atoms with van der Waals surface area (Å²) < 4.78 is 0. The van der Waals surface area contributed by atoms with Crippen LogP contribution in [-0.2, 0) is 0 Å². The minimum atomic E-state index is -0.465. The smallest absolute Gasteiger partial charge is 0.323 e. The first-order valence-electron chi connectivity index (χ1n) is 3.50. The molecule has 0 radical (unpaired) electrons. The van der Waals surface area contributed by atoms with E-state index in [1.54, 1.807) is 5.38 Å². The van der Waals surface area contributed by atoms with E-state index in [0.29, 0.717) is 5.56 Å². The molecular formula is C7H7N3O2S. The van der Waals surface area contributed by atoms with Gasteiger partial charge in [-0.15, -0.1) is 0 Å². The predicted molar refractivity (Wildman–Crippen MR) is 48.1 cm³/mol. The number of nitriles is 1. The van der Waals surface area contributed by atoms with Crippen LogP contribution in [0.5, 0.6) is 0 Å². The van der Waals surface area contributed by atoms with Gasteiger partial charge in [-0.1, -0.05) is 11.3 Å². The fraction of sp³-hybridized carbons (Fsp3) is 0.286. The lowest BCUT2D eigenvalue weighted by molar-refractivity contribution is -0.380. The molecule has 0 saturated carbocycles. The summed E-state index contributed by atoms with van der Waals surface area (Å²) in [5.41, 5.74) is 6.23. The highest BCUT2D eigenvalue weighted by Gasteiger charge is 2.13. The monoisotopic (exact) mass is 197 g/mol. The van der Waals surface area contributed by atoms with Crippen molar-refractivity contribution in [1.29, 1.82) is 5.26 Å². The zero-order valence-electron chi connectivity index (χ0n) is 6.64. The summed E-state index contributed by atoms with van der Waals surface area (Å²) in [5.74, 6) is 0. The molecule has 13 heavy (non-hydrogen) atoms. The molecule has 1 atom stereocenters. The van der Waals surface area contributed by atoms with E-state index in [1.165, 1.54) is 6.07 Å². The van der Waals surface area contributed by atoms with Crippen molar-refractivity contribution in [3.63, 3.8) is 0 Å². The molecule has 0 amide bonds. The molecule has 1 aromatic rings. The second-order valence-corrected chi connectivity index (χ2v) is 3.33. The van der Waals surface area contributed by atoms with Crippen molar-refractivity contribution in [2.24, 2.45) is 5.73 Å². The van der Waals surface area contributed by atoms with Gasteiger partial charge in [-0.3, -0.25) is 10.1 Å². The third kappa shape index (κ3) is 2.24. The lowest BCUT2D eigenvalue weighted by atomic mass is 10.1. The largest absolute Gasteiger partial charge is 0.324 e. The van der Waals surface area contributed by atoms with Crippen molar-refractivity contribution in [2.75, 3.05) is 0 Å². The van der Waals surface area contributed by atoms with Crippen LogP contribution in [0.3, 0.4) is 0 Å². The second-order valence-electron chi connectivity index (χ2n) is 2.44. The molecule has 5 nitrogen and oxygen atoms in total. The molecule has 0 aliphatic rings. The maximum absolute atomic E-state index is 10.3. The quantitative estimate of drug-likeness (QED) is 0.587. The third-order valence-electron chi connectivity index (χ3n) is 1.53. The van der Waals surface area contributed by atoms with E-state index in [1.807, 2.05) is 6.07 Å². The number of rotatable bonds is 3. The Hall–Kier alpha value is -1.45. The molecule has 6 heteroatoms. The maximum atomic E-state index is 10.3. The van der Waals surface area contributed by atoms with E-state index in [4.69, 9.17) is 11.0 Å². The lowest BCUT2D eigenvalue weighted by Crippen LogP contribution is -2.07. The Balaban J connectivity index is 2.80. The van der Waals surface area contributed by atoms with E-state index in [-0.39, 0.29) is 11.4 Å². The van der Waals surface area contributed by atoms with E-state index in [2.05, 4.69) is 0 Å². The number of hydrogen-bond acceptors (Lipinski definition) is 5. The Bertz CT molecular complexity index is 355. The summed E-state index contributed by atoms with van der Waals surface area (Å²) in [6.45, 7) is 0. The third-order valence-corrected chi connectivity index (χ3v) is 2.42. The standard InChI is InChI=1S/C7H7N3O2S/c8-2-1-6(9)5-3-7(10(11)12)13-4-5/h3-4,6H,1,9H2. The Kier molecular flexibility index (Phi) is 2.95. The van der Waals surface area contributed by atoms with Crippen LogP contribution in [0.25, 0.3) is 0 Å². The summed E-state index contributed by atoms with van der Waals surface area (Å²) >= 11 is 1.02. The molecule has 0 fully saturated rings. The number of nitrogens with zero attached hydrogens (tertiary/aromatic N) is 2. The topological polar surface area (TPSA) is 93.0 Å². The molecule has 1 unspecified atom stereocenters. The first kappa shape index (κ1) is 9.64. The number of nitro groups is 1. The second kappa shape index (κ2) is 3.98. The van der Waals surface area contributed by atoms with Crippen molar-refractivity contribution in [1.82, 2.24) is 0 Å². The summed E-state index contributed by atoms with van der Waals surface area (Å²) in [6, 6.07) is 2.90. The molecule has 0 saturated heterocycles. The summed E-state index contributed by atoms with van der Waals surface area (Å²) in [4.78, 5) is 9.84. The zero-order chi connectivity index (χ0) is 9.84. The van der Waals surface area contributed by atoms with E-state index >= 15 is 0 Å². The Labute approximate surface area is 78.6 Å². The number of nitrogens with two attached hydrogens (primary N) is 1. The van der Waals surface area contributed by atoms with Gasteiger partial charge in [0, 0.05) is 17.5 Å². The fourth-order valence-electron chi connectivity index (χ4n) is 0.845. The molecule has 0 bridgehead atoms. The average molecular weight is 197 g/mol. The lowest BCUT2D eigenvalue weighted by Gasteiger charge is -2.01. The van der Waals surface area contributed by atoms with Crippen molar-refractivity contribution >= 4 is 16.3 Å². The summed E-state index contributed by atoms with van der Waals surface area (Å²) in [5, 5.41) is 20.3. The van der Waals surface area contributed by atoms with Crippen LogP contribution >= 0.6 is 11.3 Å². The highest BCUT2D eigenvalue weighted by atomic mass is 32.1. The van der Waals surface area contributed by atoms with Crippen LogP contribution in [0.1, 0.15) is 18.0 Å². The molecule has 0 aliphatic carbocycles. The van der Waals surface area contributed by atoms with Crippen LogP contribution in [-0.4, -0.2) is 4.92 Å². The van der Waals surface area contributed by atoms with Gasteiger partial charge in [0.2, 0.25) is 0 Å². The predicted octanol–water partition coefficient (Wildman–Crippen LogP) is 1.57. The van der Waals surface area contributed by atoms with Crippen molar-refractivity contribution < 1.29 is 4.92 Å². The number of thiophene rings is 1. The molecule has 2 N–H and O–H groups in total. The van der Waals surface area contributed by atoms with E-state index < -0.39 is 11.0 Å². The molecule has 68 valence electrons. The normalized spacial score (nSPS) is 12.0. The van der Waals surface area contributed by atoms with Gasteiger partial charge in [0.1, 0.15) is 0 Å². The minimum absolute atomic E-state index is 0.0587. The van der Waals surface area contributed by atoms with Crippen molar-refractivity contribution in [3.8, 4) is 6.07 Å². The SMILES string of the molecule is N#CCC(N)c1csc([N+](=O)[O-])c1. The highest BCUT2D eigenvalue weighted by molar-refractivity contribution is 7.13. The van der Waals surface area contributed by atoms with Gasteiger partial charge < -0.3 is 5.73 Å². The van der Waals surface area contributed by atoms with Gasteiger partial charge in [0.05, 0.1) is 17.4 Å². The van der Waals surface area contributed by atoms with Crippen LogP contribution in [0.15, 0.2) is 11.4 Å². The number of hydrogen-bond donors (Lipinski definition) is 1. The molecule has 1 aromatic heterocycles. The molecule has 1 heterocycles. The fourth-order valence-corrected chi connectivity index (χ4v) is 1.64. The van der Waals surface area contributed by atoms with Gasteiger partial charge in [0.15, 0.2) is 0 Å². The molecule has 0 aliphatic heterocycles. The van der Waals surface area contributed by atoms with Crippen molar-refractivity contribution in [2.45, 2.75) is 12.5 Å². The first-order valence-corrected chi connectivity index (χ1v) is 4.38. The molecule has 1 rings (SSSR count). The van der Waals surface area contributed by atoms with Gasteiger partial charge >= 0.3 is 5.00 Å². The Morgan fingerprint density at radius 2 is 2.54 bits per heavy atom. The van der Waals surface area contributed by atoms with Crippen LogP contribution in [0, 0.1) is 21.4 Å². The molecular weight excluding hydrogens is 190 g/mol. The Morgan fingerprint density at radius 1 is 1.85 bits per heavy atom. The van der Waals surface area contributed by atoms with Gasteiger partial charge in [-0.05, 0) is 5.56 Å². The minimum Gasteiger partial charge on any atom is -0.323 e. The van der Waals surface area contributed by atoms with Gasteiger partial charge in [-0.25, -0.2) is 0 Å². The van der Waals surface area contributed by atoms with Crippen LogP contribution in [0.4, 0.5) is 5.00 Å². The summed E-state index contributed by atoms with van der Waals surface area (Å²) in [7, 11) is 0. The molecule has 0 aromatic carbocycles. The van der Waals surface area contributed by atoms with E-state index in [9.17, 15) is 10.1 Å². The first-order chi connectivity index (χ1) is 6.15. The zero-order valence-corrected chi connectivity index (χ0v) is 7.45. The average Bonchev–Trinajstić information content (AvgIpc) is 2.52. The van der Waals surface area contributed by atoms with Crippen LogP contribution in [0.2, 0.25) is 0 Å². The van der Waals surface area contributed by atoms with Crippen LogP contribution < -0.4 is 5.73 Å². The Morgan fingerprint density at radius 3 is 3.00 bits per heavy atom. The summed E-state index contributed by atoms with van der Waals surface area (Å²) in [6.07, 6.45) is 0.174. The van der Waals surface area contributed by atoms with Gasteiger partial charge in [-0.2, -0.15) is 5.26 Å². The van der Waals surface area contributed by atoms with E-state index in [0.717, 1.165) is 11.3 Å². The maximum Gasteiger partial charge on any atom is 0.324 e. The molecule has 0 spiro atoms. The van der Waals surface area contributed by atoms with Crippen molar-refractivity contribution in [3.05, 3.63) is 27.1 Å².